The highest BCUT2D eigenvalue weighted by molar-refractivity contribution is 6.33. The van der Waals surface area contributed by atoms with E-state index in [0.29, 0.717) is 29.5 Å². The maximum Gasteiger partial charge on any atom is 0.255 e. The lowest BCUT2D eigenvalue weighted by atomic mass is 10.0. The van der Waals surface area contributed by atoms with Crippen LogP contribution in [0.15, 0.2) is 12.3 Å². The van der Waals surface area contributed by atoms with Crippen molar-refractivity contribution in [2.75, 3.05) is 18.5 Å². The Bertz CT molecular complexity index is 521. The molecule has 1 saturated heterocycles. The maximum absolute atomic E-state index is 12.5. The van der Waals surface area contributed by atoms with Gasteiger partial charge in [0, 0.05) is 19.3 Å². The van der Waals surface area contributed by atoms with Crippen molar-refractivity contribution in [3.8, 4) is 0 Å². The largest absolute Gasteiger partial charge is 0.369 e. The van der Waals surface area contributed by atoms with Gasteiger partial charge < -0.3 is 15.1 Å². The van der Waals surface area contributed by atoms with Crippen LogP contribution < -0.4 is 11.3 Å². The molecule has 0 aromatic carbocycles. The monoisotopic (exact) mass is 298 g/mol. The van der Waals surface area contributed by atoms with E-state index in [1.807, 2.05) is 20.8 Å². The molecule has 0 bridgehead atoms. The van der Waals surface area contributed by atoms with Gasteiger partial charge in [-0.15, -0.1) is 0 Å². The number of morpholine rings is 1. The predicted octanol–water partition coefficient (Wildman–Crippen LogP) is 1.66. The average Bonchev–Trinajstić information content (AvgIpc) is 2.35. The number of halogens is 1. The number of carbonyl (C=O) groups excluding carboxylic acids is 1. The van der Waals surface area contributed by atoms with Crippen LogP contribution in [-0.4, -0.2) is 40.6 Å². The SMILES string of the molecule is CC1CN(C(=O)c2cnc(NN)c(Cl)c2)CC(C)(C)O1. The molecule has 1 fully saturated rings. The van der Waals surface area contributed by atoms with E-state index in [9.17, 15) is 4.79 Å². The molecule has 1 aliphatic heterocycles. The highest BCUT2D eigenvalue weighted by Crippen LogP contribution is 2.24. The Morgan fingerprint density at radius 2 is 2.35 bits per heavy atom. The van der Waals surface area contributed by atoms with Gasteiger partial charge in [0.05, 0.1) is 22.3 Å². The molecule has 0 aliphatic carbocycles. The fraction of sp³-hybridized carbons (Fsp3) is 0.538. The van der Waals surface area contributed by atoms with Crippen LogP contribution in [0.1, 0.15) is 31.1 Å². The second kappa shape index (κ2) is 5.55. The number of aromatic nitrogens is 1. The van der Waals surface area contributed by atoms with E-state index in [2.05, 4.69) is 10.4 Å². The van der Waals surface area contributed by atoms with Gasteiger partial charge in [-0.05, 0) is 26.8 Å². The van der Waals surface area contributed by atoms with Crippen LogP contribution in [0.4, 0.5) is 5.82 Å². The lowest BCUT2D eigenvalue weighted by Crippen LogP contribution is -2.53. The molecule has 2 rings (SSSR count). The van der Waals surface area contributed by atoms with E-state index in [-0.39, 0.29) is 17.6 Å². The molecule has 7 heteroatoms. The lowest BCUT2D eigenvalue weighted by Gasteiger charge is -2.41. The number of hydrazine groups is 1. The van der Waals surface area contributed by atoms with E-state index in [1.165, 1.54) is 6.20 Å². The molecule has 110 valence electrons. The normalized spacial score (nSPS) is 21.6. The smallest absolute Gasteiger partial charge is 0.255 e. The molecule has 1 unspecified atom stereocenters. The zero-order valence-electron chi connectivity index (χ0n) is 11.8. The molecule has 0 radical (unpaired) electrons. The third-order valence-electron chi connectivity index (χ3n) is 3.08. The number of hydrogen-bond donors (Lipinski definition) is 2. The minimum atomic E-state index is -0.358. The minimum absolute atomic E-state index is 0.00360. The first-order valence-electron chi connectivity index (χ1n) is 6.41. The van der Waals surface area contributed by atoms with Crippen molar-refractivity contribution in [1.29, 1.82) is 0 Å². The molecule has 1 aromatic heterocycles. The topological polar surface area (TPSA) is 80.5 Å². The summed E-state index contributed by atoms with van der Waals surface area (Å²) < 4.78 is 5.79. The summed E-state index contributed by atoms with van der Waals surface area (Å²) in [6.07, 6.45) is 1.47. The summed E-state index contributed by atoms with van der Waals surface area (Å²) >= 11 is 6.00. The molecule has 1 atom stereocenters. The van der Waals surface area contributed by atoms with E-state index in [4.69, 9.17) is 22.2 Å². The van der Waals surface area contributed by atoms with E-state index in [1.54, 1.807) is 11.0 Å². The summed E-state index contributed by atoms with van der Waals surface area (Å²) in [7, 11) is 0. The van der Waals surface area contributed by atoms with Crippen LogP contribution in [0.2, 0.25) is 5.02 Å². The van der Waals surface area contributed by atoms with Crippen LogP contribution in [0, 0.1) is 0 Å². The second-order valence-corrected chi connectivity index (χ2v) is 5.98. The van der Waals surface area contributed by atoms with E-state index < -0.39 is 0 Å². The number of amides is 1. The Morgan fingerprint density at radius 3 is 2.90 bits per heavy atom. The number of nitrogen functional groups attached to an aromatic ring is 1. The number of nitrogens with two attached hydrogens (primary N) is 1. The molecule has 20 heavy (non-hydrogen) atoms. The summed E-state index contributed by atoms with van der Waals surface area (Å²) in [6, 6.07) is 1.57. The quantitative estimate of drug-likeness (QED) is 0.641. The molecule has 0 spiro atoms. The van der Waals surface area contributed by atoms with Gasteiger partial charge in [0.1, 0.15) is 0 Å². The Hall–Kier alpha value is -1.37. The first kappa shape index (κ1) is 15.0. The number of pyridine rings is 1. The predicted molar refractivity (Wildman–Crippen MR) is 77.6 cm³/mol. The number of nitrogens with zero attached hydrogens (tertiary/aromatic N) is 2. The zero-order valence-corrected chi connectivity index (χ0v) is 12.6. The first-order valence-corrected chi connectivity index (χ1v) is 6.79. The molecule has 0 saturated carbocycles. The maximum atomic E-state index is 12.5. The molecule has 6 nitrogen and oxygen atoms in total. The standard InChI is InChI=1S/C13H19ClN4O2/c1-8-6-18(7-13(2,3)20-8)12(19)9-4-10(14)11(17-15)16-5-9/h4-5,8H,6-7,15H2,1-3H3,(H,16,17). The van der Waals surface area contributed by atoms with Crippen LogP contribution in [0.5, 0.6) is 0 Å². The highest BCUT2D eigenvalue weighted by Gasteiger charge is 2.34. The molecular formula is C13H19ClN4O2. The minimum Gasteiger partial charge on any atom is -0.369 e. The Labute approximate surface area is 123 Å². The summed E-state index contributed by atoms with van der Waals surface area (Å²) in [5.74, 6) is 5.51. The molecular weight excluding hydrogens is 280 g/mol. The third-order valence-corrected chi connectivity index (χ3v) is 3.37. The van der Waals surface area contributed by atoms with Crippen LogP contribution in [0.3, 0.4) is 0 Å². The van der Waals surface area contributed by atoms with Gasteiger partial charge in [0.2, 0.25) is 0 Å². The van der Waals surface area contributed by atoms with E-state index >= 15 is 0 Å². The van der Waals surface area contributed by atoms with Crippen LogP contribution >= 0.6 is 11.6 Å². The van der Waals surface area contributed by atoms with Gasteiger partial charge in [-0.25, -0.2) is 10.8 Å². The fourth-order valence-electron chi connectivity index (χ4n) is 2.45. The molecule has 1 aromatic rings. The lowest BCUT2D eigenvalue weighted by molar-refractivity contribution is -0.118. The summed E-state index contributed by atoms with van der Waals surface area (Å²) in [5.41, 5.74) is 2.46. The van der Waals surface area contributed by atoms with Crippen molar-refractivity contribution in [1.82, 2.24) is 9.88 Å². The van der Waals surface area contributed by atoms with Crippen molar-refractivity contribution in [2.24, 2.45) is 5.84 Å². The number of nitrogens with one attached hydrogen (secondary N) is 1. The summed E-state index contributed by atoms with van der Waals surface area (Å²) in [5, 5.41) is 0.318. The average molecular weight is 299 g/mol. The van der Waals surface area contributed by atoms with Gasteiger partial charge in [-0.2, -0.15) is 0 Å². The van der Waals surface area contributed by atoms with Gasteiger partial charge >= 0.3 is 0 Å². The Balaban J connectivity index is 2.20. The fourth-order valence-corrected chi connectivity index (χ4v) is 2.67. The third kappa shape index (κ3) is 3.20. The molecule has 1 amide bonds. The zero-order chi connectivity index (χ0) is 14.9. The van der Waals surface area contributed by atoms with E-state index in [0.717, 1.165) is 0 Å². The molecule has 3 N–H and O–H groups in total. The number of anilines is 1. The molecule has 1 aliphatic rings. The number of rotatable bonds is 2. The number of carbonyl (C=O) groups is 1. The van der Waals surface area contributed by atoms with Crippen molar-refractivity contribution >= 4 is 23.3 Å². The molecule has 2 heterocycles. The Kier molecular flexibility index (Phi) is 4.17. The number of ether oxygens (including phenoxy) is 1. The van der Waals surface area contributed by atoms with Gasteiger partial charge in [-0.1, -0.05) is 11.6 Å². The van der Waals surface area contributed by atoms with Crippen molar-refractivity contribution in [3.05, 3.63) is 22.8 Å². The van der Waals surface area contributed by atoms with Crippen LogP contribution in [0.25, 0.3) is 0 Å². The summed E-state index contributed by atoms with van der Waals surface area (Å²) in [6.45, 7) is 6.97. The highest BCUT2D eigenvalue weighted by atomic mass is 35.5. The van der Waals surface area contributed by atoms with Crippen molar-refractivity contribution in [3.63, 3.8) is 0 Å². The summed E-state index contributed by atoms with van der Waals surface area (Å²) in [4.78, 5) is 18.3. The first-order chi connectivity index (χ1) is 9.32. The van der Waals surface area contributed by atoms with Crippen LogP contribution in [-0.2, 0) is 4.74 Å². The Morgan fingerprint density at radius 1 is 1.65 bits per heavy atom. The second-order valence-electron chi connectivity index (χ2n) is 5.57. The van der Waals surface area contributed by atoms with Crippen molar-refractivity contribution in [2.45, 2.75) is 32.5 Å². The van der Waals surface area contributed by atoms with Gasteiger partial charge in [0.15, 0.2) is 5.82 Å². The van der Waals surface area contributed by atoms with Gasteiger partial charge in [0.25, 0.3) is 5.91 Å². The van der Waals surface area contributed by atoms with Gasteiger partial charge in [-0.3, -0.25) is 4.79 Å². The van der Waals surface area contributed by atoms with Crippen molar-refractivity contribution < 1.29 is 9.53 Å². The number of hydrogen-bond acceptors (Lipinski definition) is 5.